The molecule has 2 atom stereocenters. The molecule has 178 valence electrons. The summed E-state index contributed by atoms with van der Waals surface area (Å²) >= 11 is 0. The molecule has 0 amide bonds. The summed E-state index contributed by atoms with van der Waals surface area (Å²) in [6.45, 7) is 5.58. The van der Waals surface area contributed by atoms with E-state index in [1.54, 1.807) is 13.8 Å². The Morgan fingerprint density at radius 1 is 1.36 bits per heavy atom. The quantitative estimate of drug-likeness (QED) is 0.334. The number of nitrogens with zero attached hydrogens (tertiary/aromatic N) is 4. The molecule has 0 saturated carbocycles. The van der Waals surface area contributed by atoms with E-state index < -0.39 is 53.8 Å². The highest BCUT2D eigenvalue weighted by molar-refractivity contribution is 7.92. The van der Waals surface area contributed by atoms with E-state index in [0.717, 1.165) is 18.3 Å². The zero-order valence-electron chi connectivity index (χ0n) is 18.7. The molecule has 2 unspecified atom stereocenters. The van der Waals surface area contributed by atoms with Gasteiger partial charge in [0.1, 0.15) is 33.6 Å². The van der Waals surface area contributed by atoms with Crippen LogP contribution in [0.1, 0.15) is 43.5 Å². The minimum absolute atomic E-state index is 0.0540. The molecule has 33 heavy (non-hydrogen) atoms. The highest BCUT2D eigenvalue weighted by Crippen LogP contribution is 2.39. The molecule has 0 spiro atoms. The van der Waals surface area contributed by atoms with Gasteiger partial charge in [0.15, 0.2) is 9.84 Å². The summed E-state index contributed by atoms with van der Waals surface area (Å²) in [7, 11) is -3.18. The van der Waals surface area contributed by atoms with Crippen molar-refractivity contribution in [1.82, 2.24) is 9.97 Å². The molecule has 1 aliphatic heterocycles. The molecular formula is C21H25FN4O6S. The topological polar surface area (TPSA) is 134 Å². The van der Waals surface area contributed by atoms with Gasteiger partial charge in [-0.2, -0.15) is 4.98 Å². The van der Waals surface area contributed by atoms with Gasteiger partial charge in [-0.1, -0.05) is 12.1 Å². The second-order valence-corrected chi connectivity index (χ2v) is 10.1. The first-order valence-corrected chi connectivity index (χ1v) is 11.8. The lowest BCUT2D eigenvalue weighted by Gasteiger charge is -2.37. The van der Waals surface area contributed by atoms with Crippen LogP contribution in [0.15, 0.2) is 34.2 Å². The van der Waals surface area contributed by atoms with E-state index >= 15 is 0 Å². The summed E-state index contributed by atoms with van der Waals surface area (Å²) in [5.41, 5.74) is -1.91. The summed E-state index contributed by atoms with van der Waals surface area (Å²) in [6.07, 6.45) is 1.67. The van der Waals surface area contributed by atoms with Crippen molar-refractivity contribution in [2.24, 2.45) is 4.99 Å². The Balaban J connectivity index is 2.20. The number of aliphatic imine (C=N–C) groups is 1. The predicted octanol–water partition coefficient (Wildman–Crippen LogP) is 3.38. The molecule has 3 rings (SSSR count). The molecular weight excluding hydrogens is 455 g/mol. The second-order valence-electron chi connectivity index (χ2n) is 8.07. The Morgan fingerprint density at radius 3 is 2.67 bits per heavy atom. The van der Waals surface area contributed by atoms with Crippen molar-refractivity contribution in [1.29, 1.82) is 0 Å². The van der Waals surface area contributed by atoms with Gasteiger partial charge in [0.2, 0.25) is 0 Å². The Morgan fingerprint density at radius 2 is 2.06 bits per heavy atom. The summed E-state index contributed by atoms with van der Waals surface area (Å²) in [5, 5.41) is 10.4. The van der Waals surface area contributed by atoms with Crippen LogP contribution in [0.2, 0.25) is 0 Å². The van der Waals surface area contributed by atoms with Gasteiger partial charge in [-0.05, 0) is 45.7 Å². The van der Waals surface area contributed by atoms with Gasteiger partial charge in [0.05, 0.1) is 10.5 Å². The molecule has 0 bridgehead atoms. The minimum atomic E-state index is -4.49. The maximum absolute atomic E-state index is 14.4. The first-order valence-electron chi connectivity index (χ1n) is 10.2. The smallest absolute Gasteiger partial charge is 0.354 e. The van der Waals surface area contributed by atoms with Crippen molar-refractivity contribution >= 4 is 21.7 Å². The SMILES string of the molecule is C/N=C\C(c1nc(C)nc(OC2CCCOC2(C)C)c1[N+](=O)[O-])S(=O)(=O)c1ccccc1F. The van der Waals surface area contributed by atoms with Crippen molar-refractivity contribution in [3.63, 3.8) is 0 Å². The average Bonchev–Trinajstić information content (AvgIpc) is 2.72. The molecule has 2 aromatic rings. The van der Waals surface area contributed by atoms with E-state index in [-0.39, 0.29) is 11.7 Å². The van der Waals surface area contributed by atoms with Gasteiger partial charge in [-0.3, -0.25) is 15.1 Å². The number of rotatable bonds is 7. The molecule has 1 fully saturated rings. The maximum Gasteiger partial charge on any atom is 0.354 e. The molecule has 1 aromatic heterocycles. The summed E-state index contributed by atoms with van der Waals surface area (Å²) in [5.74, 6) is -1.30. The summed E-state index contributed by atoms with van der Waals surface area (Å²) in [6, 6.07) is 4.77. The minimum Gasteiger partial charge on any atom is -0.466 e. The van der Waals surface area contributed by atoms with Gasteiger partial charge in [-0.15, -0.1) is 0 Å². The number of nitro groups is 1. The monoisotopic (exact) mass is 480 g/mol. The summed E-state index contributed by atoms with van der Waals surface area (Å²) in [4.78, 5) is 22.6. The van der Waals surface area contributed by atoms with Gasteiger partial charge in [0, 0.05) is 19.9 Å². The van der Waals surface area contributed by atoms with E-state index in [9.17, 15) is 22.9 Å². The van der Waals surface area contributed by atoms with Crippen LogP contribution in [0.3, 0.4) is 0 Å². The fourth-order valence-electron chi connectivity index (χ4n) is 3.64. The number of halogens is 1. The Bertz CT molecular complexity index is 1190. The van der Waals surface area contributed by atoms with Gasteiger partial charge < -0.3 is 9.47 Å². The highest BCUT2D eigenvalue weighted by atomic mass is 32.2. The molecule has 1 aromatic carbocycles. The standard InChI is InChI=1S/C21H25FN4O6S/c1-13-24-18(16(12-23-4)33(29,30)15-9-6-5-8-14(15)22)19(26(27)28)20(25-13)32-17-10-7-11-31-21(17,2)3/h5-6,8-9,12,16-17H,7,10-11H2,1-4H3/b23-12-. The number of aryl methyl sites for hydroxylation is 1. The molecule has 10 nitrogen and oxygen atoms in total. The third kappa shape index (κ3) is 5.01. The third-order valence-electron chi connectivity index (χ3n) is 5.32. The Hall–Kier alpha value is -2.99. The maximum atomic E-state index is 14.4. The zero-order chi connectivity index (χ0) is 24.4. The molecule has 0 N–H and O–H groups in total. The fourth-order valence-corrected chi connectivity index (χ4v) is 5.26. The van der Waals surface area contributed by atoms with Crippen LogP contribution in [-0.4, -0.2) is 54.9 Å². The average molecular weight is 481 g/mol. The van der Waals surface area contributed by atoms with E-state index in [2.05, 4.69) is 15.0 Å². The molecule has 12 heteroatoms. The molecule has 2 heterocycles. The predicted molar refractivity (Wildman–Crippen MR) is 118 cm³/mol. The molecule has 0 radical (unpaired) electrons. The van der Waals surface area contributed by atoms with Gasteiger partial charge in [0.25, 0.3) is 5.88 Å². The van der Waals surface area contributed by atoms with E-state index in [0.29, 0.717) is 19.4 Å². The lowest BCUT2D eigenvalue weighted by molar-refractivity contribution is -0.387. The second kappa shape index (κ2) is 9.48. The van der Waals surface area contributed by atoms with E-state index in [4.69, 9.17) is 9.47 Å². The summed E-state index contributed by atoms with van der Waals surface area (Å²) < 4.78 is 52.8. The largest absolute Gasteiger partial charge is 0.466 e. The van der Waals surface area contributed by atoms with Crippen LogP contribution in [0.25, 0.3) is 0 Å². The van der Waals surface area contributed by atoms with Gasteiger partial charge >= 0.3 is 5.69 Å². The normalized spacial score (nSPS) is 19.4. The van der Waals surface area contributed by atoms with Crippen LogP contribution >= 0.6 is 0 Å². The van der Waals surface area contributed by atoms with Gasteiger partial charge in [-0.25, -0.2) is 17.8 Å². The Labute approximate surface area is 191 Å². The van der Waals surface area contributed by atoms with E-state index in [1.165, 1.54) is 26.1 Å². The first-order chi connectivity index (χ1) is 15.5. The van der Waals surface area contributed by atoms with Crippen molar-refractivity contribution in [2.75, 3.05) is 13.7 Å². The van der Waals surface area contributed by atoms with Crippen molar-refractivity contribution in [3.8, 4) is 5.88 Å². The zero-order valence-corrected chi connectivity index (χ0v) is 19.5. The molecule has 0 aliphatic carbocycles. The number of hydrogen-bond donors (Lipinski definition) is 0. The van der Waals surface area contributed by atoms with Crippen LogP contribution in [-0.2, 0) is 14.6 Å². The Kier molecular flexibility index (Phi) is 7.08. The lowest BCUT2D eigenvalue weighted by Crippen LogP contribution is -2.46. The van der Waals surface area contributed by atoms with Crippen molar-refractivity contribution < 1.29 is 27.2 Å². The highest BCUT2D eigenvalue weighted by Gasteiger charge is 2.42. The number of aromatic nitrogens is 2. The van der Waals surface area contributed by atoms with Crippen LogP contribution in [0.5, 0.6) is 5.88 Å². The number of sulfone groups is 1. The van der Waals surface area contributed by atoms with Crippen molar-refractivity contribution in [2.45, 2.75) is 55.5 Å². The first kappa shape index (κ1) is 24.6. The number of hydrogen-bond acceptors (Lipinski definition) is 9. The lowest BCUT2D eigenvalue weighted by atomic mass is 9.94. The molecule has 1 aliphatic rings. The number of ether oxygens (including phenoxy) is 2. The fraction of sp³-hybridized carbons (Fsp3) is 0.476. The molecule has 1 saturated heterocycles. The number of benzene rings is 1. The van der Waals surface area contributed by atoms with Crippen LogP contribution in [0, 0.1) is 22.9 Å². The van der Waals surface area contributed by atoms with Crippen LogP contribution < -0.4 is 4.74 Å². The van der Waals surface area contributed by atoms with Crippen LogP contribution in [0.4, 0.5) is 10.1 Å². The van der Waals surface area contributed by atoms with E-state index in [1.807, 2.05) is 0 Å². The van der Waals surface area contributed by atoms with Crippen molar-refractivity contribution in [3.05, 3.63) is 51.7 Å². The third-order valence-corrected chi connectivity index (χ3v) is 7.28.